The molecule has 3 aromatic rings. The molecular formula is C19H16N4O2S2. The highest BCUT2D eigenvalue weighted by Gasteiger charge is 2.23. The van der Waals surface area contributed by atoms with Crippen molar-refractivity contribution in [1.29, 1.82) is 5.26 Å². The summed E-state index contributed by atoms with van der Waals surface area (Å²) in [5.41, 5.74) is 3.68. The fraction of sp³-hybridized carbons (Fsp3) is 0.263. The van der Waals surface area contributed by atoms with Crippen molar-refractivity contribution < 1.29 is 9.21 Å². The molecule has 1 amide bonds. The van der Waals surface area contributed by atoms with Crippen LogP contribution in [-0.4, -0.2) is 21.9 Å². The number of nitrogens with zero attached hydrogens (tertiary/aromatic N) is 3. The highest BCUT2D eigenvalue weighted by Crippen LogP contribution is 2.38. The zero-order chi connectivity index (χ0) is 18.8. The molecule has 4 rings (SSSR count). The third-order valence-corrected chi connectivity index (χ3v) is 6.31. The van der Waals surface area contributed by atoms with Gasteiger partial charge in [0.25, 0.3) is 5.22 Å². The Balaban J connectivity index is 1.39. The number of nitrogens with one attached hydrogen (secondary N) is 1. The molecule has 2 heterocycles. The van der Waals surface area contributed by atoms with Gasteiger partial charge in [-0.05, 0) is 43.9 Å². The monoisotopic (exact) mass is 396 g/mol. The molecule has 0 bridgehead atoms. The van der Waals surface area contributed by atoms with Crippen LogP contribution in [0, 0.1) is 18.3 Å². The van der Waals surface area contributed by atoms with Gasteiger partial charge in [-0.3, -0.25) is 4.79 Å². The number of nitriles is 1. The number of benzene rings is 1. The third-order valence-electron chi connectivity index (χ3n) is 4.28. The second kappa shape index (κ2) is 7.55. The lowest BCUT2D eigenvalue weighted by Crippen LogP contribution is -2.14. The van der Waals surface area contributed by atoms with Gasteiger partial charge in [-0.25, -0.2) is 0 Å². The molecule has 0 atom stereocenters. The molecule has 0 saturated carbocycles. The third kappa shape index (κ3) is 3.75. The molecule has 1 N–H and O–H groups in total. The lowest BCUT2D eigenvalue weighted by atomic mass is 10.1. The number of carbonyl (C=O) groups is 1. The SMILES string of the molecule is Cc1cccc(-c2nnc(SCC(=O)Nc3sc4c(c3C#N)CCC4)o2)c1. The summed E-state index contributed by atoms with van der Waals surface area (Å²) < 4.78 is 5.63. The molecule has 1 aliphatic carbocycles. The van der Waals surface area contributed by atoms with E-state index in [1.54, 1.807) is 0 Å². The minimum atomic E-state index is -0.188. The molecule has 0 fully saturated rings. The second-order valence-electron chi connectivity index (χ2n) is 6.25. The number of thioether (sulfide) groups is 1. The van der Waals surface area contributed by atoms with Crippen LogP contribution in [0.3, 0.4) is 0 Å². The Bertz CT molecular complexity index is 1050. The first-order valence-corrected chi connectivity index (χ1v) is 10.3. The molecule has 0 saturated heterocycles. The normalized spacial score (nSPS) is 12.6. The molecule has 136 valence electrons. The largest absolute Gasteiger partial charge is 0.411 e. The van der Waals surface area contributed by atoms with Crippen molar-refractivity contribution in [2.24, 2.45) is 0 Å². The predicted molar refractivity (Wildman–Crippen MR) is 105 cm³/mol. The van der Waals surface area contributed by atoms with E-state index in [0.29, 0.717) is 21.7 Å². The van der Waals surface area contributed by atoms with Gasteiger partial charge in [0.1, 0.15) is 11.1 Å². The van der Waals surface area contributed by atoms with Crippen molar-refractivity contribution >= 4 is 34.0 Å². The Morgan fingerprint density at radius 2 is 2.30 bits per heavy atom. The lowest BCUT2D eigenvalue weighted by molar-refractivity contribution is -0.113. The van der Waals surface area contributed by atoms with Crippen molar-refractivity contribution in [3.63, 3.8) is 0 Å². The quantitative estimate of drug-likeness (QED) is 0.650. The number of aryl methyl sites for hydroxylation is 2. The first-order valence-electron chi connectivity index (χ1n) is 8.52. The number of anilines is 1. The van der Waals surface area contributed by atoms with Gasteiger partial charge in [0.05, 0.1) is 11.3 Å². The van der Waals surface area contributed by atoms with Gasteiger partial charge in [0.2, 0.25) is 11.8 Å². The van der Waals surface area contributed by atoms with Gasteiger partial charge in [-0.15, -0.1) is 21.5 Å². The zero-order valence-corrected chi connectivity index (χ0v) is 16.2. The maximum atomic E-state index is 12.3. The summed E-state index contributed by atoms with van der Waals surface area (Å²) >= 11 is 2.69. The molecule has 8 heteroatoms. The van der Waals surface area contributed by atoms with Crippen molar-refractivity contribution in [3.05, 3.63) is 45.8 Å². The van der Waals surface area contributed by atoms with Crippen molar-refractivity contribution in [2.75, 3.05) is 11.1 Å². The van der Waals surface area contributed by atoms with Crippen LogP contribution < -0.4 is 5.32 Å². The van der Waals surface area contributed by atoms with Crippen LogP contribution in [0.5, 0.6) is 0 Å². The van der Waals surface area contributed by atoms with E-state index in [1.165, 1.54) is 28.0 Å². The Hall–Kier alpha value is -2.63. The van der Waals surface area contributed by atoms with Gasteiger partial charge in [0, 0.05) is 10.4 Å². The van der Waals surface area contributed by atoms with Crippen LogP contribution in [0.4, 0.5) is 5.00 Å². The molecule has 27 heavy (non-hydrogen) atoms. The first-order chi connectivity index (χ1) is 13.1. The summed E-state index contributed by atoms with van der Waals surface area (Å²) in [7, 11) is 0. The second-order valence-corrected chi connectivity index (χ2v) is 8.28. The van der Waals surface area contributed by atoms with Crippen molar-refractivity contribution in [2.45, 2.75) is 31.4 Å². The van der Waals surface area contributed by atoms with E-state index in [1.807, 2.05) is 31.2 Å². The maximum absolute atomic E-state index is 12.3. The molecule has 0 aliphatic heterocycles. The summed E-state index contributed by atoms with van der Waals surface area (Å²) in [6, 6.07) is 10.0. The standard InChI is InChI=1S/C19H16N4O2S2/c1-11-4-2-5-12(8-11)17-22-23-19(25-17)26-10-16(24)21-18-14(9-20)13-6-3-7-15(13)27-18/h2,4-5,8H,3,6-7,10H2,1H3,(H,21,24). The van der Waals surface area contributed by atoms with Gasteiger partial charge < -0.3 is 9.73 Å². The number of carbonyl (C=O) groups excluding carboxylic acids is 1. The molecule has 2 aromatic heterocycles. The van der Waals surface area contributed by atoms with Gasteiger partial charge in [-0.1, -0.05) is 29.5 Å². The predicted octanol–water partition coefficient (Wildman–Crippen LogP) is 4.20. The molecule has 1 aliphatic rings. The topological polar surface area (TPSA) is 91.8 Å². The number of hydrogen-bond acceptors (Lipinski definition) is 7. The fourth-order valence-corrected chi connectivity index (χ4v) is 4.88. The van der Waals surface area contributed by atoms with Gasteiger partial charge in [-0.2, -0.15) is 5.26 Å². The summed E-state index contributed by atoms with van der Waals surface area (Å²) in [6.07, 6.45) is 2.99. The van der Waals surface area contributed by atoms with Crippen molar-refractivity contribution in [1.82, 2.24) is 10.2 Å². The average Bonchev–Trinajstić information content (AvgIpc) is 3.36. The van der Waals surface area contributed by atoms with Crippen LogP contribution in [-0.2, 0) is 17.6 Å². The van der Waals surface area contributed by atoms with E-state index in [4.69, 9.17) is 4.42 Å². The molecule has 0 radical (unpaired) electrons. The number of thiophene rings is 1. The summed E-state index contributed by atoms with van der Waals surface area (Å²) in [4.78, 5) is 13.5. The smallest absolute Gasteiger partial charge is 0.277 e. The number of fused-ring (bicyclic) bond motifs is 1. The minimum Gasteiger partial charge on any atom is -0.411 e. The van der Waals surface area contributed by atoms with Crippen LogP contribution >= 0.6 is 23.1 Å². The van der Waals surface area contributed by atoms with E-state index in [0.717, 1.165) is 36.0 Å². The van der Waals surface area contributed by atoms with Gasteiger partial charge in [0.15, 0.2) is 0 Å². The Morgan fingerprint density at radius 1 is 1.41 bits per heavy atom. The van der Waals surface area contributed by atoms with Crippen LogP contribution in [0.15, 0.2) is 33.9 Å². The average molecular weight is 396 g/mol. The Morgan fingerprint density at radius 3 is 3.11 bits per heavy atom. The van der Waals surface area contributed by atoms with E-state index < -0.39 is 0 Å². The Kier molecular flexibility index (Phi) is 4.97. The molecule has 0 unspecified atom stereocenters. The van der Waals surface area contributed by atoms with E-state index in [-0.39, 0.29) is 11.7 Å². The van der Waals surface area contributed by atoms with E-state index >= 15 is 0 Å². The van der Waals surface area contributed by atoms with Crippen molar-refractivity contribution in [3.8, 4) is 17.5 Å². The molecular weight excluding hydrogens is 380 g/mol. The van der Waals surface area contributed by atoms with Crippen LogP contribution in [0.1, 0.15) is 28.0 Å². The highest BCUT2D eigenvalue weighted by atomic mass is 32.2. The molecule has 0 spiro atoms. The van der Waals surface area contributed by atoms with E-state index in [9.17, 15) is 10.1 Å². The lowest BCUT2D eigenvalue weighted by Gasteiger charge is -2.02. The summed E-state index contributed by atoms with van der Waals surface area (Å²) in [5.74, 6) is 0.387. The number of aromatic nitrogens is 2. The highest BCUT2D eigenvalue weighted by molar-refractivity contribution is 7.99. The number of amides is 1. The van der Waals surface area contributed by atoms with Crippen LogP contribution in [0.2, 0.25) is 0 Å². The van der Waals surface area contributed by atoms with Crippen LogP contribution in [0.25, 0.3) is 11.5 Å². The summed E-state index contributed by atoms with van der Waals surface area (Å²) in [6.45, 7) is 2.00. The maximum Gasteiger partial charge on any atom is 0.277 e. The number of rotatable bonds is 5. The Labute approximate surface area is 164 Å². The molecule has 1 aromatic carbocycles. The number of hydrogen-bond donors (Lipinski definition) is 1. The van der Waals surface area contributed by atoms with Gasteiger partial charge >= 0.3 is 0 Å². The first kappa shape index (κ1) is 17.8. The summed E-state index contributed by atoms with van der Waals surface area (Å²) in [5, 5.41) is 21.3. The fourth-order valence-electron chi connectivity index (χ4n) is 3.06. The van der Waals surface area contributed by atoms with E-state index in [2.05, 4.69) is 21.6 Å². The zero-order valence-electron chi connectivity index (χ0n) is 14.6. The minimum absolute atomic E-state index is 0.142. The molecule has 6 nitrogen and oxygen atoms in total.